The Morgan fingerprint density at radius 1 is 1.43 bits per heavy atom. The normalized spacial score (nSPS) is 18.1. The highest BCUT2D eigenvalue weighted by Gasteiger charge is 2.30. The van der Waals surface area contributed by atoms with Gasteiger partial charge in [-0.05, 0) is 54.1 Å². The molecule has 6 nitrogen and oxygen atoms in total. The molecule has 1 aromatic carbocycles. The predicted molar refractivity (Wildman–Crippen MR) is 85.2 cm³/mol. The van der Waals surface area contributed by atoms with E-state index in [1.807, 2.05) is 22.6 Å². The molecule has 0 bridgehead atoms. The summed E-state index contributed by atoms with van der Waals surface area (Å²) in [7, 11) is 1.45. The van der Waals surface area contributed by atoms with Gasteiger partial charge in [-0.1, -0.05) is 0 Å². The van der Waals surface area contributed by atoms with Crippen LogP contribution in [-0.4, -0.2) is 24.0 Å². The number of nitrogens with one attached hydrogen (secondary N) is 2. The maximum absolute atomic E-state index is 11.9. The van der Waals surface area contributed by atoms with E-state index in [1.165, 1.54) is 14.0 Å². The zero-order chi connectivity index (χ0) is 15.7. The Balaban J connectivity index is 2.58. The minimum absolute atomic E-state index is 0.0344. The van der Waals surface area contributed by atoms with Gasteiger partial charge in [-0.3, -0.25) is 4.79 Å². The summed E-state index contributed by atoms with van der Waals surface area (Å²) in [6.45, 7) is 3.14. The largest absolute Gasteiger partial charge is 0.504 e. The van der Waals surface area contributed by atoms with Crippen molar-refractivity contribution in [2.24, 2.45) is 0 Å². The predicted octanol–water partition coefficient (Wildman–Crippen LogP) is 2.22. The summed E-state index contributed by atoms with van der Waals surface area (Å²) < 4.78 is 5.70. The minimum atomic E-state index is -0.570. The first kappa shape index (κ1) is 15.6. The molecule has 2 rings (SSSR count). The summed E-state index contributed by atoms with van der Waals surface area (Å²) in [5.41, 5.74) is 1.69. The van der Waals surface area contributed by atoms with Crippen LogP contribution in [0.1, 0.15) is 25.5 Å². The minimum Gasteiger partial charge on any atom is -0.504 e. The number of hydrogen-bond acceptors (Lipinski definition) is 4. The van der Waals surface area contributed by atoms with Crippen LogP contribution in [0.2, 0.25) is 0 Å². The fourth-order valence-corrected chi connectivity index (χ4v) is 2.95. The number of benzene rings is 1. The van der Waals surface area contributed by atoms with Crippen LogP contribution < -0.4 is 15.4 Å². The van der Waals surface area contributed by atoms with Gasteiger partial charge in [0.05, 0.1) is 16.7 Å². The van der Waals surface area contributed by atoms with Gasteiger partial charge < -0.3 is 20.5 Å². The molecule has 112 valence electrons. The van der Waals surface area contributed by atoms with Gasteiger partial charge in [0.15, 0.2) is 17.3 Å². The fourth-order valence-electron chi connectivity index (χ4n) is 2.33. The molecule has 0 radical (unpaired) electrons. The molecule has 1 atom stereocenters. The quantitative estimate of drug-likeness (QED) is 0.677. The Kier molecular flexibility index (Phi) is 4.40. The molecule has 1 aliphatic heterocycles. The number of phenols is 1. The zero-order valence-corrected chi connectivity index (χ0v) is 13.9. The Morgan fingerprint density at radius 2 is 2.10 bits per heavy atom. The number of ketones is 1. The van der Waals surface area contributed by atoms with Gasteiger partial charge in [0, 0.05) is 11.3 Å². The highest BCUT2D eigenvalue weighted by atomic mass is 127. The summed E-state index contributed by atoms with van der Waals surface area (Å²) in [6, 6.07) is 2.39. The molecule has 1 heterocycles. The van der Waals surface area contributed by atoms with Crippen LogP contribution in [0.25, 0.3) is 0 Å². The van der Waals surface area contributed by atoms with Gasteiger partial charge in [-0.25, -0.2) is 4.79 Å². The van der Waals surface area contributed by atoms with Crippen molar-refractivity contribution in [3.05, 3.63) is 32.5 Å². The molecule has 0 aliphatic carbocycles. The third kappa shape index (κ3) is 2.97. The van der Waals surface area contributed by atoms with Crippen LogP contribution in [0, 0.1) is 3.57 Å². The number of rotatable bonds is 3. The Labute approximate surface area is 135 Å². The molecule has 0 fully saturated rings. The number of halogens is 1. The number of methoxy groups -OCH3 is 1. The van der Waals surface area contributed by atoms with Crippen molar-refractivity contribution in [3.63, 3.8) is 0 Å². The Hall–Kier alpha value is -1.77. The molecule has 0 saturated carbocycles. The number of Topliss-reactive ketones (excluding diaryl/α,β-unsaturated/α-hetero) is 1. The van der Waals surface area contributed by atoms with Crippen LogP contribution in [-0.2, 0) is 4.79 Å². The van der Waals surface area contributed by atoms with Crippen molar-refractivity contribution in [1.82, 2.24) is 10.6 Å². The number of allylic oxidation sites excluding steroid dienone is 1. The van der Waals surface area contributed by atoms with E-state index >= 15 is 0 Å². The molecule has 21 heavy (non-hydrogen) atoms. The van der Waals surface area contributed by atoms with Crippen LogP contribution >= 0.6 is 22.6 Å². The van der Waals surface area contributed by atoms with Crippen molar-refractivity contribution in [1.29, 1.82) is 0 Å². The molecule has 2 amide bonds. The second-order valence-electron chi connectivity index (χ2n) is 4.68. The number of phenolic OH excluding ortho intramolecular Hbond substituents is 1. The number of amides is 2. The summed E-state index contributed by atoms with van der Waals surface area (Å²) in [6.07, 6.45) is 0. The first-order valence-corrected chi connectivity index (χ1v) is 7.28. The summed E-state index contributed by atoms with van der Waals surface area (Å²) in [5, 5.41) is 15.2. The molecular formula is C14H15IN2O4. The lowest BCUT2D eigenvalue weighted by Crippen LogP contribution is -2.44. The van der Waals surface area contributed by atoms with E-state index in [2.05, 4.69) is 10.6 Å². The van der Waals surface area contributed by atoms with Crippen molar-refractivity contribution >= 4 is 34.4 Å². The molecule has 0 saturated heterocycles. The second-order valence-corrected chi connectivity index (χ2v) is 5.84. The van der Waals surface area contributed by atoms with Gasteiger partial charge in [0.2, 0.25) is 0 Å². The monoisotopic (exact) mass is 402 g/mol. The molecule has 3 N–H and O–H groups in total. The van der Waals surface area contributed by atoms with Crippen LogP contribution in [0.5, 0.6) is 11.5 Å². The molecule has 1 aliphatic rings. The van der Waals surface area contributed by atoms with Gasteiger partial charge in [0.25, 0.3) is 0 Å². The zero-order valence-electron chi connectivity index (χ0n) is 11.8. The molecule has 0 aromatic heterocycles. The molecule has 0 spiro atoms. The van der Waals surface area contributed by atoms with E-state index in [9.17, 15) is 14.7 Å². The Bertz CT molecular complexity index is 655. The lowest BCUT2D eigenvalue weighted by atomic mass is 9.93. The second kappa shape index (κ2) is 5.92. The molecule has 7 heteroatoms. The lowest BCUT2D eigenvalue weighted by Gasteiger charge is -2.28. The van der Waals surface area contributed by atoms with Gasteiger partial charge >= 0.3 is 6.03 Å². The van der Waals surface area contributed by atoms with E-state index in [-0.39, 0.29) is 17.6 Å². The first-order valence-electron chi connectivity index (χ1n) is 6.20. The number of urea groups is 1. The van der Waals surface area contributed by atoms with Crippen molar-refractivity contribution in [2.45, 2.75) is 19.9 Å². The maximum atomic E-state index is 11.9. The van der Waals surface area contributed by atoms with Crippen molar-refractivity contribution in [2.75, 3.05) is 7.11 Å². The summed E-state index contributed by atoms with van der Waals surface area (Å²) in [4.78, 5) is 23.6. The molecular weight excluding hydrogens is 387 g/mol. The third-order valence-electron chi connectivity index (χ3n) is 3.25. The number of hydrogen-bond donors (Lipinski definition) is 3. The van der Waals surface area contributed by atoms with E-state index in [4.69, 9.17) is 4.74 Å². The highest BCUT2D eigenvalue weighted by molar-refractivity contribution is 14.1. The summed E-state index contributed by atoms with van der Waals surface area (Å²) >= 11 is 1.97. The molecule has 0 unspecified atom stereocenters. The van der Waals surface area contributed by atoms with E-state index < -0.39 is 6.04 Å². The Morgan fingerprint density at radius 3 is 2.67 bits per heavy atom. The third-order valence-corrected chi connectivity index (χ3v) is 4.07. The summed E-state index contributed by atoms with van der Waals surface area (Å²) in [5.74, 6) is 0.199. The average Bonchev–Trinajstić information content (AvgIpc) is 2.40. The SMILES string of the molecule is COc1cc([C@@H]2NC(=O)NC(C)=C2C(C)=O)cc(I)c1O. The lowest BCUT2D eigenvalue weighted by molar-refractivity contribution is -0.114. The number of ether oxygens (including phenoxy) is 1. The van der Waals surface area contributed by atoms with Crippen molar-refractivity contribution < 1.29 is 19.4 Å². The van der Waals surface area contributed by atoms with Crippen LogP contribution in [0.4, 0.5) is 4.79 Å². The topological polar surface area (TPSA) is 87.7 Å². The first-order chi connectivity index (χ1) is 9.85. The van der Waals surface area contributed by atoms with Crippen LogP contribution in [0.15, 0.2) is 23.4 Å². The average molecular weight is 402 g/mol. The maximum Gasteiger partial charge on any atom is 0.319 e. The van der Waals surface area contributed by atoms with E-state index in [0.29, 0.717) is 26.2 Å². The van der Waals surface area contributed by atoms with Crippen molar-refractivity contribution in [3.8, 4) is 11.5 Å². The fraction of sp³-hybridized carbons (Fsp3) is 0.286. The highest BCUT2D eigenvalue weighted by Crippen LogP contribution is 2.37. The number of aromatic hydroxyl groups is 1. The van der Waals surface area contributed by atoms with Gasteiger partial charge in [0.1, 0.15) is 0 Å². The van der Waals surface area contributed by atoms with Gasteiger partial charge in [-0.2, -0.15) is 0 Å². The van der Waals surface area contributed by atoms with E-state index in [0.717, 1.165) is 0 Å². The molecule has 1 aromatic rings. The number of carbonyl (C=O) groups excluding carboxylic acids is 2. The van der Waals surface area contributed by atoms with E-state index in [1.54, 1.807) is 19.1 Å². The van der Waals surface area contributed by atoms with Crippen LogP contribution in [0.3, 0.4) is 0 Å². The van der Waals surface area contributed by atoms with Gasteiger partial charge in [-0.15, -0.1) is 0 Å². The smallest absolute Gasteiger partial charge is 0.319 e. The standard InChI is InChI=1S/C14H15IN2O4/c1-6-11(7(2)18)12(17-14(20)16-6)8-4-9(15)13(19)10(5-8)21-3/h4-5,12,19H,1-3H3,(H2,16,17,20)/t12-/m0/s1. The number of carbonyl (C=O) groups is 2.